The van der Waals surface area contributed by atoms with Crippen LogP contribution in [0.1, 0.15) is 45.1 Å². The lowest BCUT2D eigenvalue weighted by molar-refractivity contribution is 0.217. The predicted molar refractivity (Wildman–Crippen MR) is 83.4 cm³/mol. The highest BCUT2D eigenvalue weighted by Gasteiger charge is 2.25. The minimum atomic E-state index is 0.562. The van der Waals surface area contributed by atoms with E-state index in [1.54, 1.807) is 0 Å². The maximum absolute atomic E-state index is 6.06. The average molecular weight is 269 g/mol. The zero-order valence-electron chi connectivity index (χ0n) is 12.1. The summed E-state index contributed by atoms with van der Waals surface area (Å²) in [6, 6.07) is 8.57. The Labute approximate surface area is 120 Å². The number of hydrogen-bond donors (Lipinski definition) is 1. The fourth-order valence-electron chi connectivity index (χ4n) is 3.43. The number of nitrogens with two attached hydrogens (primary N) is 1. The Morgan fingerprint density at radius 3 is 2.85 bits per heavy atom. The van der Waals surface area contributed by atoms with Crippen molar-refractivity contribution < 1.29 is 0 Å². The average Bonchev–Trinajstić information content (AvgIpc) is 2.97. The number of para-hydroxylation sites is 1. The maximum atomic E-state index is 6.06. The summed E-state index contributed by atoms with van der Waals surface area (Å²) in [4.78, 5) is 0. The van der Waals surface area contributed by atoms with E-state index in [2.05, 4.69) is 29.0 Å². The van der Waals surface area contributed by atoms with Gasteiger partial charge in [-0.25, -0.2) is 0 Å². The summed E-state index contributed by atoms with van der Waals surface area (Å²) >= 11 is 0. The van der Waals surface area contributed by atoms with Gasteiger partial charge < -0.3 is 5.73 Å². The van der Waals surface area contributed by atoms with Gasteiger partial charge in [0.15, 0.2) is 0 Å². The van der Waals surface area contributed by atoms with E-state index in [0.717, 1.165) is 22.7 Å². The summed E-state index contributed by atoms with van der Waals surface area (Å²) in [6.07, 6.45) is 10.6. The quantitative estimate of drug-likeness (QED) is 0.845. The van der Waals surface area contributed by atoms with Crippen LogP contribution in [0.3, 0.4) is 0 Å². The number of nitrogens with zero attached hydrogens (tertiary/aromatic N) is 2. The van der Waals surface area contributed by atoms with Gasteiger partial charge in [0.25, 0.3) is 0 Å². The second-order valence-corrected chi connectivity index (χ2v) is 5.82. The largest absolute Gasteiger partial charge is 0.398 e. The summed E-state index contributed by atoms with van der Waals surface area (Å²) < 4.78 is 2.18. The fraction of sp³-hybridized carbons (Fsp3) is 0.471. The van der Waals surface area contributed by atoms with Gasteiger partial charge in [0, 0.05) is 23.0 Å². The van der Waals surface area contributed by atoms with Crippen LogP contribution in [0.2, 0.25) is 0 Å². The van der Waals surface area contributed by atoms with Gasteiger partial charge >= 0.3 is 0 Å². The second kappa shape index (κ2) is 5.70. The van der Waals surface area contributed by atoms with Crippen LogP contribution in [0.5, 0.6) is 0 Å². The first-order valence-electron chi connectivity index (χ1n) is 7.68. The lowest BCUT2D eigenvalue weighted by Crippen LogP contribution is -2.23. The Bertz CT molecular complexity index is 573. The SMILES string of the molecule is CCC1CCCCC1n1cc(-c2ccccc2N)cn1. The van der Waals surface area contributed by atoms with Crippen LogP contribution in [0.25, 0.3) is 11.1 Å². The molecule has 0 spiro atoms. The standard InChI is InChI=1S/C17H23N3/c1-2-13-7-3-6-10-17(13)20-12-14(11-19-20)15-8-4-5-9-16(15)18/h4-5,8-9,11-13,17H,2-3,6-7,10,18H2,1H3. The molecule has 3 nitrogen and oxygen atoms in total. The minimum absolute atomic E-state index is 0.562. The van der Waals surface area contributed by atoms with Crippen molar-refractivity contribution in [1.29, 1.82) is 0 Å². The van der Waals surface area contributed by atoms with E-state index in [4.69, 9.17) is 5.73 Å². The Balaban J connectivity index is 1.88. The first-order valence-corrected chi connectivity index (χ1v) is 7.68. The Morgan fingerprint density at radius 2 is 2.05 bits per heavy atom. The number of nitrogen functional groups attached to an aromatic ring is 1. The van der Waals surface area contributed by atoms with Gasteiger partial charge in [0.1, 0.15) is 0 Å². The first-order chi connectivity index (χ1) is 9.79. The van der Waals surface area contributed by atoms with E-state index in [0.29, 0.717) is 6.04 Å². The lowest BCUT2D eigenvalue weighted by Gasteiger charge is -2.30. The number of benzene rings is 1. The van der Waals surface area contributed by atoms with Crippen LogP contribution >= 0.6 is 0 Å². The molecule has 0 saturated heterocycles. The van der Waals surface area contributed by atoms with Crippen molar-refractivity contribution in [1.82, 2.24) is 9.78 Å². The number of aromatic nitrogens is 2. The van der Waals surface area contributed by atoms with Crippen molar-refractivity contribution in [2.75, 3.05) is 5.73 Å². The molecule has 0 bridgehead atoms. The molecule has 2 unspecified atom stereocenters. The highest BCUT2D eigenvalue weighted by molar-refractivity contribution is 5.75. The smallest absolute Gasteiger partial charge is 0.0569 e. The molecule has 0 aliphatic heterocycles. The molecule has 3 rings (SSSR count). The molecular formula is C17H23N3. The molecule has 2 atom stereocenters. The van der Waals surface area contributed by atoms with E-state index in [1.807, 2.05) is 24.4 Å². The lowest BCUT2D eigenvalue weighted by atomic mass is 9.83. The first kappa shape index (κ1) is 13.2. The van der Waals surface area contributed by atoms with E-state index in [-0.39, 0.29) is 0 Å². The van der Waals surface area contributed by atoms with E-state index >= 15 is 0 Å². The van der Waals surface area contributed by atoms with E-state index in [1.165, 1.54) is 32.1 Å². The Hall–Kier alpha value is -1.77. The number of rotatable bonds is 3. The van der Waals surface area contributed by atoms with E-state index < -0.39 is 0 Å². The molecule has 0 amide bonds. The molecule has 1 aliphatic rings. The third kappa shape index (κ3) is 2.45. The summed E-state index contributed by atoms with van der Waals surface area (Å²) in [5.74, 6) is 0.768. The van der Waals surface area contributed by atoms with Gasteiger partial charge in [0.2, 0.25) is 0 Å². The third-order valence-electron chi connectivity index (χ3n) is 4.61. The van der Waals surface area contributed by atoms with Gasteiger partial charge in [-0.3, -0.25) is 4.68 Å². The van der Waals surface area contributed by atoms with Crippen LogP contribution in [0, 0.1) is 5.92 Å². The minimum Gasteiger partial charge on any atom is -0.398 e. The van der Waals surface area contributed by atoms with Crippen molar-refractivity contribution in [3.63, 3.8) is 0 Å². The molecule has 1 aromatic heterocycles. The fourth-order valence-corrected chi connectivity index (χ4v) is 3.43. The van der Waals surface area contributed by atoms with Gasteiger partial charge in [-0.2, -0.15) is 5.10 Å². The highest BCUT2D eigenvalue weighted by atomic mass is 15.3. The molecule has 1 aliphatic carbocycles. The van der Waals surface area contributed by atoms with Crippen LogP contribution in [-0.4, -0.2) is 9.78 Å². The molecule has 20 heavy (non-hydrogen) atoms. The zero-order chi connectivity index (χ0) is 13.9. The Morgan fingerprint density at radius 1 is 1.25 bits per heavy atom. The molecule has 1 saturated carbocycles. The van der Waals surface area contributed by atoms with Crippen LogP contribution in [-0.2, 0) is 0 Å². The molecule has 1 aromatic carbocycles. The predicted octanol–water partition coefficient (Wildman–Crippen LogP) is 4.27. The summed E-state index contributed by atoms with van der Waals surface area (Å²) in [6.45, 7) is 2.29. The normalized spacial score (nSPS) is 22.9. The molecule has 2 N–H and O–H groups in total. The maximum Gasteiger partial charge on any atom is 0.0569 e. The number of hydrogen-bond acceptors (Lipinski definition) is 2. The summed E-state index contributed by atoms with van der Waals surface area (Å²) in [5.41, 5.74) is 9.09. The van der Waals surface area contributed by atoms with Crippen molar-refractivity contribution in [3.8, 4) is 11.1 Å². The van der Waals surface area contributed by atoms with E-state index in [9.17, 15) is 0 Å². The molecular weight excluding hydrogens is 246 g/mol. The molecule has 106 valence electrons. The van der Waals surface area contributed by atoms with Gasteiger partial charge in [0.05, 0.1) is 12.2 Å². The van der Waals surface area contributed by atoms with Crippen molar-refractivity contribution in [3.05, 3.63) is 36.7 Å². The zero-order valence-corrected chi connectivity index (χ0v) is 12.1. The van der Waals surface area contributed by atoms with Crippen molar-refractivity contribution in [2.24, 2.45) is 5.92 Å². The van der Waals surface area contributed by atoms with Gasteiger partial charge in [-0.05, 0) is 24.8 Å². The van der Waals surface area contributed by atoms with Crippen LogP contribution in [0.4, 0.5) is 5.69 Å². The third-order valence-corrected chi connectivity index (χ3v) is 4.61. The summed E-state index contributed by atoms with van der Waals surface area (Å²) in [7, 11) is 0. The molecule has 0 radical (unpaired) electrons. The molecule has 3 heteroatoms. The van der Waals surface area contributed by atoms with Crippen LogP contribution in [0.15, 0.2) is 36.7 Å². The van der Waals surface area contributed by atoms with Gasteiger partial charge in [-0.15, -0.1) is 0 Å². The molecule has 1 fully saturated rings. The monoisotopic (exact) mass is 269 g/mol. The molecule has 1 heterocycles. The number of anilines is 1. The topological polar surface area (TPSA) is 43.8 Å². The second-order valence-electron chi connectivity index (χ2n) is 5.82. The van der Waals surface area contributed by atoms with Crippen molar-refractivity contribution in [2.45, 2.75) is 45.1 Å². The Kier molecular flexibility index (Phi) is 3.77. The summed E-state index contributed by atoms with van der Waals surface area (Å²) in [5, 5.41) is 4.62. The highest BCUT2D eigenvalue weighted by Crippen LogP contribution is 2.36. The van der Waals surface area contributed by atoms with Crippen molar-refractivity contribution >= 4 is 5.69 Å². The molecule has 2 aromatic rings. The van der Waals surface area contributed by atoms with Gasteiger partial charge in [-0.1, -0.05) is 44.4 Å². The van der Waals surface area contributed by atoms with Crippen LogP contribution < -0.4 is 5.73 Å².